The topological polar surface area (TPSA) is 72.7 Å². The minimum atomic E-state index is -0.273. The number of benzene rings is 2. The van der Waals surface area contributed by atoms with Crippen molar-refractivity contribution in [2.24, 2.45) is 0 Å². The van der Waals surface area contributed by atoms with Gasteiger partial charge in [0.2, 0.25) is 5.91 Å². The van der Waals surface area contributed by atoms with Crippen molar-refractivity contribution in [1.29, 1.82) is 0 Å². The second-order valence-corrected chi connectivity index (χ2v) is 8.61. The van der Waals surface area contributed by atoms with Crippen molar-refractivity contribution in [3.05, 3.63) is 107 Å². The van der Waals surface area contributed by atoms with E-state index in [1.165, 1.54) is 17.4 Å². The van der Waals surface area contributed by atoms with E-state index in [9.17, 15) is 4.79 Å². The maximum absolute atomic E-state index is 12.6. The number of anilines is 1. The Hall–Kier alpha value is -4.07. The van der Waals surface area contributed by atoms with Crippen LogP contribution in [-0.4, -0.2) is 25.7 Å². The third kappa shape index (κ3) is 4.96. The number of aromatic nitrogens is 4. The molecule has 34 heavy (non-hydrogen) atoms. The molecule has 0 fully saturated rings. The van der Waals surface area contributed by atoms with E-state index in [2.05, 4.69) is 15.3 Å². The summed E-state index contributed by atoms with van der Waals surface area (Å²) < 4.78 is 1.79. The van der Waals surface area contributed by atoms with Crippen molar-refractivity contribution in [3.63, 3.8) is 0 Å². The number of hydrogen-bond donors (Lipinski definition) is 1. The second-order valence-electron chi connectivity index (χ2n) is 7.32. The summed E-state index contributed by atoms with van der Waals surface area (Å²) in [6.45, 7) is 0. The van der Waals surface area contributed by atoms with E-state index in [0.29, 0.717) is 10.2 Å². The maximum Gasteiger partial charge on any atom is 0.250 e. The Bertz CT molecular complexity index is 1440. The van der Waals surface area contributed by atoms with Crippen molar-refractivity contribution < 1.29 is 4.79 Å². The molecule has 5 rings (SSSR count). The van der Waals surface area contributed by atoms with Gasteiger partial charge in [-0.15, -0.1) is 11.3 Å². The van der Waals surface area contributed by atoms with E-state index >= 15 is 0 Å². The van der Waals surface area contributed by atoms with Gasteiger partial charge in [-0.3, -0.25) is 15.1 Å². The third-order valence-corrected chi connectivity index (χ3v) is 6.02. The average Bonchev–Trinajstić information content (AvgIpc) is 3.52. The maximum atomic E-state index is 12.6. The number of amides is 1. The standard InChI is InChI=1S/C26H18ClN5OS/c27-21-9-6-19(7-10-21)25-20(16-32(31-25)22-4-2-1-3-5-22)8-11-24(33)30-26-29-23(17-34-26)18-12-14-28-15-13-18/h1-17H,(H,29,30,33)/b11-8+. The van der Waals surface area contributed by atoms with Crippen molar-refractivity contribution in [3.8, 4) is 28.2 Å². The molecule has 0 radical (unpaired) electrons. The molecule has 0 spiro atoms. The van der Waals surface area contributed by atoms with Gasteiger partial charge in [0.25, 0.3) is 0 Å². The largest absolute Gasteiger partial charge is 0.298 e. The van der Waals surface area contributed by atoms with Crippen LogP contribution in [0.5, 0.6) is 0 Å². The fourth-order valence-corrected chi connectivity index (χ4v) is 4.20. The van der Waals surface area contributed by atoms with E-state index in [-0.39, 0.29) is 5.91 Å². The van der Waals surface area contributed by atoms with Crippen molar-refractivity contribution in [1.82, 2.24) is 19.7 Å². The summed E-state index contributed by atoms with van der Waals surface area (Å²) in [6, 6.07) is 21.0. The molecule has 0 aliphatic rings. The van der Waals surface area contributed by atoms with Gasteiger partial charge in [0.1, 0.15) is 0 Å². The summed E-state index contributed by atoms with van der Waals surface area (Å²) in [4.78, 5) is 21.1. The molecule has 0 aliphatic carbocycles. The normalized spacial score (nSPS) is 11.1. The Labute approximate surface area is 205 Å². The summed E-state index contributed by atoms with van der Waals surface area (Å²) in [5, 5.41) is 10.7. The van der Waals surface area contributed by atoms with Crippen molar-refractivity contribution in [2.45, 2.75) is 0 Å². The lowest BCUT2D eigenvalue weighted by atomic mass is 10.1. The fraction of sp³-hybridized carbons (Fsp3) is 0. The molecular formula is C26H18ClN5OS. The van der Waals surface area contributed by atoms with E-state index < -0.39 is 0 Å². The minimum Gasteiger partial charge on any atom is -0.298 e. The Kier molecular flexibility index (Phi) is 6.29. The zero-order chi connectivity index (χ0) is 23.3. The van der Waals surface area contributed by atoms with Crippen molar-refractivity contribution in [2.75, 3.05) is 5.32 Å². The van der Waals surface area contributed by atoms with Crippen LogP contribution < -0.4 is 5.32 Å². The van der Waals surface area contributed by atoms with Gasteiger partial charge in [0.15, 0.2) is 5.13 Å². The molecule has 0 unspecified atom stereocenters. The van der Waals surface area contributed by atoms with Crippen LogP contribution >= 0.6 is 22.9 Å². The van der Waals surface area contributed by atoms with Gasteiger partial charge in [-0.05, 0) is 42.5 Å². The van der Waals surface area contributed by atoms with E-state index in [4.69, 9.17) is 16.7 Å². The summed E-state index contributed by atoms with van der Waals surface area (Å²) >= 11 is 7.43. The smallest absolute Gasteiger partial charge is 0.250 e. The lowest BCUT2D eigenvalue weighted by Gasteiger charge is -2.01. The Morgan fingerprint density at radius 1 is 0.971 bits per heavy atom. The minimum absolute atomic E-state index is 0.273. The second kappa shape index (κ2) is 9.82. The first-order chi connectivity index (χ1) is 16.7. The molecule has 3 aromatic heterocycles. The number of para-hydroxylation sites is 1. The van der Waals surface area contributed by atoms with Crippen LogP contribution in [0.3, 0.4) is 0 Å². The van der Waals surface area contributed by atoms with Gasteiger partial charge in [0.05, 0.1) is 17.1 Å². The highest BCUT2D eigenvalue weighted by Crippen LogP contribution is 2.27. The lowest BCUT2D eigenvalue weighted by Crippen LogP contribution is -2.07. The number of carbonyl (C=O) groups excluding carboxylic acids is 1. The molecule has 0 aliphatic heterocycles. The zero-order valence-corrected chi connectivity index (χ0v) is 19.4. The third-order valence-electron chi connectivity index (χ3n) is 5.01. The summed E-state index contributed by atoms with van der Waals surface area (Å²) in [6.07, 6.45) is 8.56. The molecule has 6 nitrogen and oxygen atoms in total. The summed E-state index contributed by atoms with van der Waals surface area (Å²) in [5.74, 6) is -0.273. The molecular weight excluding hydrogens is 466 g/mol. The Morgan fingerprint density at radius 3 is 2.50 bits per heavy atom. The summed E-state index contributed by atoms with van der Waals surface area (Å²) in [5.41, 5.74) is 5.12. The SMILES string of the molecule is O=C(/C=C/c1cn(-c2ccccc2)nc1-c1ccc(Cl)cc1)Nc1nc(-c2ccncc2)cs1. The van der Waals surface area contributed by atoms with Crippen LogP contribution in [0.25, 0.3) is 34.3 Å². The first kappa shape index (κ1) is 21.8. The van der Waals surface area contributed by atoms with Crippen LogP contribution in [0.1, 0.15) is 5.56 Å². The monoisotopic (exact) mass is 483 g/mol. The highest BCUT2D eigenvalue weighted by molar-refractivity contribution is 7.14. The van der Waals surface area contributed by atoms with Gasteiger partial charge in [0, 0.05) is 51.8 Å². The number of pyridine rings is 1. The number of nitrogens with zero attached hydrogens (tertiary/aromatic N) is 4. The van der Waals surface area contributed by atoms with Gasteiger partial charge in [-0.2, -0.15) is 5.10 Å². The van der Waals surface area contributed by atoms with Gasteiger partial charge in [-0.1, -0.05) is 41.9 Å². The van der Waals surface area contributed by atoms with Crippen LogP contribution in [0, 0.1) is 0 Å². The molecule has 0 saturated carbocycles. The van der Waals surface area contributed by atoms with E-state index in [1.54, 1.807) is 23.2 Å². The number of carbonyl (C=O) groups is 1. The van der Waals surface area contributed by atoms with Gasteiger partial charge >= 0.3 is 0 Å². The molecule has 166 valence electrons. The molecule has 5 aromatic rings. The molecule has 0 bridgehead atoms. The number of halogens is 1. The Balaban J connectivity index is 1.39. The molecule has 2 aromatic carbocycles. The number of hydrogen-bond acceptors (Lipinski definition) is 5. The van der Waals surface area contributed by atoms with E-state index in [1.807, 2.05) is 78.3 Å². The number of thiazole rings is 1. The highest BCUT2D eigenvalue weighted by Gasteiger charge is 2.12. The summed E-state index contributed by atoms with van der Waals surface area (Å²) in [7, 11) is 0. The lowest BCUT2D eigenvalue weighted by molar-refractivity contribution is -0.111. The molecule has 1 N–H and O–H groups in total. The number of nitrogens with one attached hydrogen (secondary N) is 1. The Morgan fingerprint density at radius 2 is 1.74 bits per heavy atom. The van der Waals surface area contributed by atoms with Crippen LogP contribution in [-0.2, 0) is 4.79 Å². The fourth-order valence-electron chi connectivity index (χ4n) is 3.35. The predicted octanol–water partition coefficient (Wildman–Crippen LogP) is 6.36. The van der Waals surface area contributed by atoms with Crippen LogP contribution in [0.4, 0.5) is 5.13 Å². The molecule has 0 saturated heterocycles. The highest BCUT2D eigenvalue weighted by atomic mass is 35.5. The van der Waals surface area contributed by atoms with E-state index in [0.717, 1.165) is 33.8 Å². The molecule has 3 heterocycles. The average molecular weight is 484 g/mol. The van der Waals surface area contributed by atoms with Gasteiger partial charge in [-0.25, -0.2) is 9.67 Å². The predicted molar refractivity (Wildman–Crippen MR) is 137 cm³/mol. The molecule has 0 atom stereocenters. The first-order valence-corrected chi connectivity index (χ1v) is 11.7. The molecule has 1 amide bonds. The quantitative estimate of drug-likeness (QED) is 0.285. The zero-order valence-electron chi connectivity index (χ0n) is 17.8. The van der Waals surface area contributed by atoms with Gasteiger partial charge < -0.3 is 0 Å². The first-order valence-electron chi connectivity index (χ1n) is 10.4. The van der Waals surface area contributed by atoms with Crippen molar-refractivity contribution >= 4 is 40.1 Å². The molecule has 8 heteroatoms. The van der Waals surface area contributed by atoms with Crippen LogP contribution in [0.15, 0.2) is 96.8 Å². The van der Waals surface area contributed by atoms with Crippen LogP contribution in [0.2, 0.25) is 5.02 Å². The number of rotatable bonds is 6.